The zero-order valence-corrected chi connectivity index (χ0v) is 10.3. The van der Waals surface area contributed by atoms with Crippen LogP contribution in [0.25, 0.3) is 11.0 Å². The lowest BCUT2D eigenvalue weighted by Gasteiger charge is -2.05. The molecule has 1 aromatic heterocycles. The Bertz CT molecular complexity index is 417. The zero-order chi connectivity index (χ0) is 11.4. The number of aromatic nitrogens is 2. The SMILES string of the molecule is CCCCC(Cl)Cc1nc2ccccc2[nH]1. The van der Waals surface area contributed by atoms with Crippen molar-refractivity contribution < 1.29 is 0 Å². The zero-order valence-electron chi connectivity index (χ0n) is 9.54. The molecule has 0 aliphatic rings. The highest BCUT2D eigenvalue weighted by atomic mass is 35.5. The van der Waals surface area contributed by atoms with Crippen molar-refractivity contribution in [2.24, 2.45) is 0 Å². The molecule has 0 bridgehead atoms. The Hall–Kier alpha value is -1.02. The fourth-order valence-corrected chi connectivity index (χ4v) is 2.14. The Morgan fingerprint density at radius 1 is 1.38 bits per heavy atom. The Kier molecular flexibility index (Phi) is 3.83. The number of H-pyrrole nitrogens is 1. The molecule has 1 heterocycles. The van der Waals surface area contributed by atoms with Gasteiger partial charge >= 0.3 is 0 Å². The molecule has 1 aromatic carbocycles. The first-order valence-corrected chi connectivity index (χ1v) is 6.31. The van der Waals surface area contributed by atoms with E-state index in [1.165, 1.54) is 12.8 Å². The summed E-state index contributed by atoms with van der Waals surface area (Å²) in [5.41, 5.74) is 2.12. The van der Waals surface area contributed by atoms with Gasteiger partial charge < -0.3 is 4.98 Å². The first kappa shape index (κ1) is 11.5. The molecule has 1 atom stereocenters. The van der Waals surface area contributed by atoms with Crippen LogP contribution in [0.3, 0.4) is 0 Å². The summed E-state index contributed by atoms with van der Waals surface area (Å²) in [4.78, 5) is 7.83. The molecule has 0 saturated carbocycles. The maximum atomic E-state index is 6.26. The van der Waals surface area contributed by atoms with Crippen molar-refractivity contribution in [3.63, 3.8) is 0 Å². The number of rotatable bonds is 5. The minimum absolute atomic E-state index is 0.195. The summed E-state index contributed by atoms with van der Waals surface area (Å²) >= 11 is 6.26. The maximum Gasteiger partial charge on any atom is 0.108 e. The Balaban J connectivity index is 2.03. The van der Waals surface area contributed by atoms with E-state index in [0.29, 0.717) is 0 Å². The molecule has 86 valence electrons. The number of halogens is 1. The summed E-state index contributed by atoms with van der Waals surface area (Å²) in [5, 5.41) is 0.195. The molecular formula is C13H17ClN2. The number of benzene rings is 1. The number of hydrogen-bond donors (Lipinski definition) is 1. The average molecular weight is 237 g/mol. The van der Waals surface area contributed by atoms with Gasteiger partial charge in [-0.25, -0.2) is 4.98 Å². The molecule has 0 spiro atoms. The van der Waals surface area contributed by atoms with Crippen molar-refractivity contribution >= 4 is 22.6 Å². The van der Waals surface area contributed by atoms with Crippen LogP contribution in [0.2, 0.25) is 0 Å². The van der Waals surface area contributed by atoms with Crippen LogP contribution in [0.4, 0.5) is 0 Å². The molecule has 2 nitrogen and oxygen atoms in total. The molecule has 0 saturated heterocycles. The van der Waals surface area contributed by atoms with Gasteiger partial charge in [0.25, 0.3) is 0 Å². The fraction of sp³-hybridized carbons (Fsp3) is 0.462. The highest BCUT2D eigenvalue weighted by Crippen LogP contribution is 2.15. The minimum Gasteiger partial charge on any atom is -0.342 e. The van der Waals surface area contributed by atoms with Gasteiger partial charge in [0.15, 0.2) is 0 Å². The maximum absolute atomic E-state index is 6.26. The second-order valence-electron chi connectivity index (χ2n) is 4.14. The molecule has 0 aliphatic carbocycles. The number of fused-ring (bicyclic) bond motifs is 1. The van der Waals surface area contributed by atoms with Crippen LogP contribution in [-0.2, 0) is 6.42 Å². The summed E-state index contributed by atoms with van der Waals surface area (Å²) in [6.45, 7) is 2.19. The Labute approximate surface area is 101 Å². The van der Waals surface area contributed by atoms with Gasteiger partial charge in [-0.05, 0) is 18.6 Å². The highest BCUT2D eigenvalue weighted by Gasteiger charge is 2.08. The van der Waals surface area contributed by atoms with Gasteiger partial charge in [0, 0.05) is 11.8 Å². The lowest BCUT2D eigenvalue weighted by atomic mass is 10.1. The van der Waals surface area contributed by atoms with Crippen molar-refractivity contribution in [3.8, 4) is 0 Å². The molecular weight excluding hydrogens is 220 g/mol. The van der Waals surface area contributed by atoms with Crippen LogP contribution in [-0.4, -0.2) is 15.3 Å². The van der Waals surface area contributed by atoms with Crippen molar-refractivity contribution in [2.75, 3.05) is 0 Å². The first-order valence-electron chi connectivity index (χ1n) is 5.87. The topological polar surface area (TPSA) is 28.7 Å². The van der Waals surface area contributed by atoms with E-state index in [9.17, 15) is 0 Å². The predicted molar refractivity (Wildman–Crippen MR) is 69.0 cm³/mol. The lowest BCUT2D eigenvalue weighted by molar-refractivity contribution is 0.663. The number of para-hydroxylation sites is 2. The van der Waals surface area contributed by atoms with Crippen molar-refractivity contribution in [3.05, 3.63) is 30.1 Å². The summed E-state index contributed by atoms with van der Waals surface area (Å²) < 4.78 is 0. The van der Waals surface area contributed by atoms with Gasteiger partial charge in [-0.15, -0.1) is 11.6 Å². The van der Waals surface area contributed by atoms with Gasteiger partial charge in [0.2, 0.25) is 0 Å². The minimum atomic E-state index is 0.195. The average Bonchev–Trinajstić information content (AvgIpc) is 2.68. The summed E-state index contributed by atoms with van der Waals surface area (Å²) in [6, 6.07) is 8.08. The Morgan fingerprint density at radius 3 is 2.94 bits per heavy atom. The molecule has 0 fully saturated rings. The van der Waals surface area contributed by atoms with E-state index in [1.54, 1.807) is 0 Å². The predicted octanol–water partition coefficient (Wildman–Crippen LogP) is 3.90. The number of unbranched alkanes of at least 4 members (excludes halogenated alkanes) is 1. The van der Waals surface area contributed by atoms with E-state index in [4.69, 9.17) is 11.6 Å². The number of nitrogens with zero attached hydrogens (tertiary/aromatic N) is 1. The molecule has 3 heteroatoms. The van der Waals surface area contributed by atoms with E-state index < -0.39 is 0 Å². The number of hydrogen-bond acceptors (Lipinski definition) is 1. The largest absolute Gasteiger partial charge is 0.342 e. The lowest BCUT2D eigenvalue weighted by Crippen LogP contribution is -2.04. The molecule has 1 unspecified atom stereocenters. The second-order valence-corrected chi connectivity index (χ2v) is 4.76. The summed E-state index contributed by atoms with van der Waals surface area (Å²) in [5.74, 6) is 0.998. The van der Waals surface area contributed by atoms with Gasteiger partial charge in [0.1, 0.15) is 5.82 Å². The first-order chi connectivity index (χ1) is 7.79. The quantitative estimate of drug-likeness (QED) is 0.784. The van der Waals surface area contributed by atoms with E-state index in [1.807, 2.05) is 24.3 Å². The molecule has 0 radical (unpaired) electrons. The normalized spacial score (nSPS) is 13.1. The van der Waals surface area contributed by atoms with E-state index in [0.717, 1.165) is 29.7 Å². The van der Waals surface area contributed by atoms with Crippen LogP contribution >= 0.6 is 11.6 Å². The van der Waals surface area contributed by atoms with Crippen LogP contribution in [0.5, 0.6) is 0 Å². The van der Waals surface area contributed by atoms with Gasteiger partial charge in [-0.1, -0.05) is 31.9 Å². The number of imidazole rings is 1. The van der Waals surface area contributed by atoms with Gasteiger partial charge in [-0.2, -0.15) is 0 Å². The molecule has 0 aliphatic heterocycles. The molecule has 1 N–H and O–H groups in total. The van der Waals surface area contributed by atoms with Crippen LogP contribution < -0.4 is 0 Å². The van der Waals surface area contributed by atoms with Crippen LogP contribution in [0.15, 0.2) is 24.3 Å². The van der Waals surface area contributed by atoms with E-state index in [2.05, 4.69) is 16.9 Å². The smallest absolute Gasteiger partial charge is 0.108 e. The fourth-order valence-electron chi connectivity index (χ4n) is 1.84. The van der Waals surface area contributed by atoms with Crippen LogP contribution in [0.1, 0.15) is 32.0 Å². The molecule has 16 heavy (non-hydrogen) atoms. The Morgan fingerprint density at radius 2 is 2.19 bits per heavy atom. The van der Waals surface area contributed by atoms with Gasteiger partial charge in [-0.3, -0.25) is 0 Å². The summed E-state index contributed by atoms with van der Waals surface area (Å²) in [7, 11) is 0. The molecule has 2 aromatic rings. The van der Waals surface area contributed by atoms with Gasteiger partial charge in [0.05, 0.1) is 11.0 Å². The molecule has 2 rings (SSSR count). The molecule has 0 amide bonds. The second kappa shape index (κ2) is 5.35. The van der Waals surface area contributed by atoms with Crippen molar-refractivity contribution in [2.45, 2.75) is 38.0 Å². The number of alkyl halides is 1. The number of nitrogens with one attached hydrogen (secondary N) is 1. The standard InChI is InChI=1S/C13H17ClN2/c1-2-3-6-10(14)9-13-15-11-7-4-5-8-12(11)16-13/h4-5,7-8,10H,2-3,6,9H2,1H3,(H,15,16). The van der Waals surface area contributed by atoms with Crippen LogP contribution in [0, 0.1) is 0 Å². The third kappa shape index (κ3) is 2.76. The van der Waals surface area contributed by atoms with E-state index in [-0.39, 0.29) is 5.38 Å². The van der Waals surface area contributed by atoms with E-state index >= 15 is 0 Å². The number of aromatic amines is 1. The third-order valence-corrected chi connectivity index (χ3v) is 3.10. The summed E-state index contributed by atoms with van der Waals surface area (Å²) in [6.07, 6.45) is 4.28. The highest BCUT2D eigenvalue weighted by molar-refractivity contribution is 6.20. The monoisotopic (exact) mass is 236 g/mol. The van der Waals surface area contributed by atoms with Crippen molar-refractivity contribution in [1.82, 2.24) is 9.97 Å². The third-order valence-electron chi connectivity index (χ3n) is 2.72. The van der Waals surface area contributed by atoms with Crippen molar-refractivity contribution in [1.29, 1.82) is 0 Å².